The van der Waals surface area contributed by atoms with Crippen molar-refractivity contribution in [1.29, 1.82) is 0 Å². The van der Waals surface area contributed by atoms with Crippen molar-refractivity contribution in [2.24, 2.45) is 17.3 Å². The fourth-order valence-corrected chi connectivity index (χ4v) is 5.72. The van der Waals surface area contributed by atoms with Gasteiger partial charge in [0.25, 0.3) is 0 Å². The number of aryl methyl sites for hydroxylation is 1. The molecule has 3 aliphatic carbocycles. The van der Waals surface area contributed by atoms with E-state index < -0.39 is 0 Å². The van der Waals surface area contributed by atoms with Crippen LogP contribution in [0.3, 0.4) is 0 Å². The minimum atomic E-state index is -0.272. The Morgan fingerprint density at radius 3 is 2.84 bits per heavy atom. The van der Waals surface area contributed by atoms with E-state index in [9.17, 15) is 14.7 Å². The predicted octanol–water partition coefficient (Wildman–Crippen LogP) is 4.13. The highest BCUT2D eigenvalue weighted by Gasteiger charge is 2.55. The third-order valence-electron chi connectivity index (χ3n) is 6.99. The maximum Gasteiger partial charge on any atom is 0.310 e. The van der Waals surface area contributed by atoms with Crippen molar-refractivity contribution in [2.75, 3.05) is 0 Å². The number of benzene rings is 1. The molecule has 3 aliphatic rings. The number of ketones is 1. The molecule has 1 N–H and O–H groups in total. The standard InChI is InChI=1S/C21H26O4/c1-3-19(24)25-17-11-13(22)10-12-4-5-14-15(20(12)17)8-9-21(2)16(14)6-7-18(21)23/h10-11,14-16,22H,3-9H2,1-2H3/t14-,15+,16+,21+/m1/s1. The van der Waals surface area contributed by atoms with Gasteiger partial charge in [0, 0.05) is 29.9 Å². The first kappa shape index (κ1) is 16.6. The second-order valence-electron chi connectivity index (χ2n) is 8.18. The third kappa shape index (κ3) is 2.49. The zero-order valence-corrected chi connectivity index (χ0v) is 15.0. The number of esters is 1. The second-order valence-corrected chi connectivity index (χ2v) is 8.18. The molecule has 0 heterocycles. The van der Waals surface area contributed by atoms with Gasteiger partial charge in [0.1, 0.15) is 17.3 Å². The molecule has 0 aromatic heterocycles. The zero-order valence-electron chi connectivity index (χ0n) is 15.0. The van der Waals surface area contributed by atoms with Gasteiger partial charge in [-0.05, 0) is 61.5 Å². The van der Waals surface area contributed by atoms with E-state index in [1.807, 2.05) is 6.07 Å². The molecule has 0 amide bonds. The first-order valence-electron chi connectivity index (χ1n) is 9.53. The molecule has 2 saturated carbocycles. The maximum atomic E-state index is 12.4. The number of ether oxygens (including phenoxy) is 1. The van der Waals surface area contributed by atoms with Crippen molar-refractivity contribution in [3.63, 3.8) is 0 Å². The molecule has 1 aromatic carbocycles. The summed E-state index contributed by atoms with van der Waals surface area (Å²) in [6.07, 6.45) is 5.82. The average Bonchev–Trinajstić information content (AvgIpc) is 2.89. The lowest BCUT2D eigenvalue weighted by atomic mass is 9.55. The highest BCUT2D eigenvalue weighted by Crippen LogP contribution is 2.60. The van der Waals surface area contributed by atoms with E-state index in [4.69, 9.17) is 4.74 Å². The maximum absolute atomic E-state index is 12.4. The van der Waals surface area contributed by atoms with Gasteiger partial charge < -0.3 is 9.84 Å². The van der Waals surface area contributed by atoms with Crippen molar-refractivity contribution in [3.8, 4) is 11.5 Å². The summed E-state index contributed by atoms with van der Waals surface area (Å²) in [5, 5.41) is 10.0. The van der Waals surface area contributed by atoms with Gasteiger partial charge in [-0.1, -0.05) is 13.8 Å². The Kier molecular flexibility index (Phi) is 3.89. The largest absolute Gasteiger partial charge is 0.508 e. The molecule has 4 rings (SSSR count). The quantitative estimate of drug-likeness (QED) is 0.648. The number of phenolic OH excluding ortho intramolecular Hbond substituents is 1. The Morgan fingerprint density at radius 2 is 2.08 bits per heavy atom. The summed E-state index contributed by atoms with van der Waals surface area (Å²) >= 11 is 0. The number of carbonyl (C=O) groups excluding carboxylic acids is 2. The van der Waals surface area contributed by atoms with Crippen molar-refractivity contribution in [2.45, 2.75) is 64.7 Å². The van der Waals surface area contributed by atoms with Crippen LogP contribution in [-0.2, 0) is 16.0 Å². The molecule has 0 spiro atoms. The molecular formula is C21H26O4. The van der Waals surface area contributed by atoms with Crippen LogP contribution in [0.2, 0.25) is 0 Å². The van der Waals surface area contributed by atoms with E-state index >= 15 is 0 Å². The Hall–Kier alpha value is -1.84. The van der Waals surface area contributed by atoms with Gasteiger partial charge in [0.15, 0.2) is 0 Å². The van der Waals surface area contributed by atoms with Crippen LogP contribution in [-0.4, -0.2) is 16.9 Å². The molecule has 1 aromatic rings. The van der Waals surface area contributed by atoms with E-state index in [1.165, 1.54) is 0 Å². The van der Waals surface area contributed by atoms with E-state index in [0.29, 0.717) is 42.1 Å². The fraction of sp³-hybridized carbons (Fsp3) is 0.619. The number of rotatable bonds is 2. The topological polar surface area (TPSA) is 63.6 Å². The van der Waals surface area contributed by atoms with Gasteiger partial charge in [-0.3, -0.25) is 9.59 Å². The second kappa shape index (κ2) is 5.86. The van der Waals surface area contributed by atoms with E-state index in [0.717, 1.165) is 43.2 Å². The minimum Gasteiger partial charge on any atom is -0.508 e. The van der Waals surface area contributed by atoms with E-state index in [-0.39, 0.29) is 17.1 Å². The summed E-state index contributed by atoms with van der Waals surface area (Å²) in [7, 11) is 0. The Labute approximate surface area is 148 Å². The normalized spacial score (nSPS) is 33.4. The van der Waals surface area contributed by atoms with Crippen LogP contribution in [0, 0.1) is 17.3 Å². The minimum absolute atomic E-state index is 0.157. The van der Waals surface area contributed by atoms with Crippen LogP contribution in [0.5, 0.6) is 11.5 Å². The molecule has 4 nitrogen and oxygen atoms in total. The smallest absolute Gasteiger partial charge is 0.310 e. The lowest BCUT2D eigenvalue weighted by molar-refractivity contribution is -0.134. The lowest BCUT2D eigenvalue weighted by Crippen LogP contribution is -2.42. The van der Waals surface area contributed by atoms with Crippen LogP contribution >= 0.6 is 0 Å². The molecule has 0 saturated heterocycles. The van der Waals surface area contributed by atoms with Crippen LogP contribution in [0.4, 0.5) is 0 Å². The summed E-state index contributed by atoms with van der Waals surface area (Å²) in [6.45, 7) is 3.93. The average molecular weight is 342 g/mol. The summed E-state index contributed by atoms with van der Waals surface area (Å²) in [5.41, 5.74) is 2.06. The number of hydrogen-bond acceptors (Lipinski definition) is 4. The molecule has 134 valence electrons. The molecular weight excluding hydrogens is 316 g/mol. The highest BCUT2D eigenvalue weighted by atomic mass is 16.5. The molecule has 0 unspecified atom stereocenters. The zero-order chi connectivity index (χ0) is 17.8. The molecule has 0 radical (unpaired) electrons. The summed E-state index contributed by atoms with van der Waals surface area (Å²) in [4.78, 5) is 24.3. The van der Waals surface area contributed by atoms with Crippen LogP contribution < -0.4 is 4.74 Å². The Bertz CT molecular complexity index is 738. The van der Waals surface area contributed by atoms with Gasteiger partial charge in [-0.25, -0.2) is 0 Å². The number of carbonyl (C=O) groups is 2. The number of Topliss-reactive ketones (excluding diaryl/α,β-unsaturated/α-hetero) is 1. The molecule has 4 heteroatoms. The van der Waals surface area contributed by atoms with Crippen molar-refractivity contribution in [3.05, 3.63) is 23.3 Å². The van der Waals surface area contributed by atoms with Gasteiger partial charge in [0.05, 0.1) is 0 Å². The highest BCUT2D eigenvalue weighted by molar-refractivity contribution is 5.87. The Morgan fingerprint density at radius 1 is 1.28 bits per heavy atom. The first-order chi connectivity index (χ1) is 11.9. The molecule has 4 atom stereocenters. The van der Waals surface area contributed by atoms with E-state index in [1.54, 1.807) is 13.0 Å². The molecule has 0 bridgehead atoms. The van der Waals surface area contributed by atoms with Crippen molar-refractivity contribution in [1.82, 2.24) is 0 Å². The SMILES string of the molecule is CCC(=O)Oc1cc(O)cc2c1[C@H]1CC[C@]3(C)C(=O)CC[C@H]3[C@@H]1CC2. The molecule has 2 fully saturated rings. The van der Waals surface area contributed by atoms with Gasteiger partial charge >= 0.3 is 5.97 Å². The predicted molar refractivity (Wildman–Crippen MR) is 93.7 cm³/mol. The summed E-state index contributed by atoms with van der Waals surface area (Å²) in [6, 6.07) is 3.41. The van der Waals surface area contributed by atoms with Crippen molar-refractivity contribution < 1.29 is 19.4 Å². The van der Waals surface area contributed by atoms with E-state index in [2.05, 4.69) is 6.92 Å². The molecule has 25 heavy (non-hydrogen) atoms. The Balaban J connectivity index is 1.74. The monoisotopic (exact) mass is 342 g/mol. The fourth-order valence-electron chi connectivity index (χ4n) is 5.72. The lowest BCUT2D eigenvalue weighted by Gasteiger charge is -2.48. The van der Waals surface area contributed by atoms with Crippen molar-refractivity contribution >= 4 is 11.8 Å². The van der Waals surface area contributed by atoms with Gasteiger partial charge in [-0.2, -0.15) is 0 Å². The number of fused-ring (bicyclic) bond motifs is 5. The number of hydrogen-bond donors (Lipinski definition) is 1. The van der Waals surface area contributed by atoms with Crippen LogP contribution in [0.25, 0.3) is 0 Å². The van der Waals surface area contributed by atoms with Gasteiger partial charge in [-0.15, -0.1) is 0 Å². The molecule has 0 aliphatic heterocycles. The third-order valence-corrected chi connectivity index (χ3v) is 6.99. The van der Waals surface area contributed by atoms with Gasteiger partial charge in [0.2, 0.25) is 0 Å². The summed E-state index contributed by atoms with van der Waals surface area (Å²) < 4.78 is 5.58. The number of aromatic hydroxyl groups is 1. The first-order valence-corrected chi connectivity index (χ1v) is 9.53. The van der Waals surface area contributed by atoms with Crippen LogP contribution in [0.15, 0.2) is 12.1 Å². The summed E-state index contributed by atoms with van der Waals surface area (Å²) in [5.74, 6) is 2.10. The number of phenols is 1. The van der Waals surface area contributed by atoms with Crippen LogP contribution in [0.1, 0.15) is 69.4 Å².